The molecule has 1 aromatic rings. The highest BCUT2D eigenvalue weighted by molar-refractivity contribution is 7.98. The van der Waals surface area contributed by atoms with Crippen molar-refractivity contribution < 1.29 is 5.11 Å². The van der Waals surface area contributed by atoms with Gasteiger partial charge in [-0.25, -0.2) is 0 Å². The largest absolute Gasteiger partial charge is 0.386 e. The molecule has 0 aromatic heterocycles. The summed E-state index contributed by atoms with van der Waals surface area (Å²) in [6, 6.07) is 8.16. The Kier molecular flexibility index (Phi) is 3.56. The normalized spacial score (nSPS) is 17.4. The maximum absolute atomic E-state index is 10.3. The maximum Gasteiger partial charge on any atom is 0.103 e. The molecule has 1 saturated heterocycles. The van der Waals surface area contributed by atoms with E-state index in [9.17, 15) is 10.4 Å². The van der Waals surface area contributed by atoms with Crippen molar-refractivity contribution in [1.82, 2.24) is 0 Å². The van der Waals surface area contributed by atoms with Crippen molar-refractivity contribution >= 4 is 17.4 Å². The third-order valence-corrected chi connectivity index (χ3v) is 4.46. The average Bonchev–Trinajstić information content (AvgIpc) is 2.33. The molecule has 0 radical (unpaired) electrons. The number of nitriles is 1. The van der Waals surface area contributed by atoms with E-state index in [1.54, 1.807) is 11.8 Å². The number of benzene rings is 1. The van der Waals surface area contributed by atoms with Crippen molar-refractivity contribution in [2.24, 2.45) is 5.92 Å². The zero-order valence-corrected chi connectivity index (χ0v) is 11.8. The van der Waals surface area contributed by atoms with Gasteiger partial charge in [-0.1, -0.05) is 19.9 Å². The summed E-state index contributed by atoms with van der Waals surface area (Å²) in [6.45, 7) is 5.27. The van der Waals surface area contributed by atoms with Gasteiger partial charge in [-0.2, -0.15) is 5.26 Å². The highest BCUT2D eigenvalue weighted by atomic mass is 32.2. The molecule has 0 saturated carbocycles. The molecule has 0 bridgehead atoms. The second kappa shape index (κ2) is 4.83. The standard InChI is InChI=1S/C14H18N2OS/c1-10(2)14(17)8-16(9-14)12-5-4-6-13(18-3)11(12)7-15/h4-6,10,17H,8-9H2,1-3H3. The molecule has 3 nitrogen and oxygen atoms in total. The third kappa shape index (κ3) is 2.09. The van der Waals surface area contributed by atoms with Crippen molar-refractivity contribution in [2.75, 3.05) is 24.2 Å². The fourth-order valence-corrected chi connectivity index (χ4v) is 2.78. The molecular weight excluding hydrogens is 244 g/mol. The molecule has 1 N–H and O–H groups in total. The summed E-state index contributed by atoms with van der Waals surface area (Å²) in [6.07, 6.45) is 1.97. The van der Waals surface area contributed by atoms with Crippen LogP contribution >= 0.6 is 11.8 Å². The van der Waals surface area contributed by atoms with Gasteiger partial charge < -0.3 is 10.0 Å². The summed E-state index contributed by atoms with van der Waals surface area (Å²) in [5, 5.41) is 19.6. The van der Waals surface area contributed by atoms with Crippen LogP contribution in [0.2, 0.25) is 0 Å². The number of thioether (sulfide) groups is 1. The van der Waals surface area contributed by atoms with Gasteiger partial charge in [0, 0.05) is 18.0 Å². The minimum Gasteiger partial charge on any atom is -0.386 e. The molecule has 0 unspecified atom stereocenters. The van der Waals surface area contributed by atoms with Gasteiger partial charge in [-0.15, -0.1) is 11.8 Å². The average molecular weight is 262 g/mol. The number of nitrogens with zero attached hydrogens (tertiary/aromatic N) is 2. The Morgan fingerprint density at radius 2 is 2.11 bits per heavy atom. The third-order valence-electron chi connectivity index (χ3n) is 3.68. The van der Waals surface area contributed by atoms with Gasteiger partial charge in [-0.3, -0.25) is 0 Å². The number of aliphatic hydroxyl groups is 1. The summed E-state index contributed by atoms with van der Waals surface area (Å²) >= 11 is 1.58. The van der Waals surface area contributed by atoms with E-state index in [4.69, 9.17) is 0 Å². The van der Waals surface area contributed by atoms with Gasteiger partial charge in [0.1, 0.15) is 11.7 Å². The Balaban J connectivity index is 2.25. The Morgan fingerprint density at radius 3 is 2.61 bits per heavy atom. The lowest BCUT2D eigenvalue weighted by atomic mass is 9.82. The van der Waals surface area contributed by atoms with Gasteiger partial charge in [0.25, 0.3) is 0 Å². The summed E-state index contributed by atoms with van der Waals surface area (Å²) in [4.78, 5) is 3.08. The molecule has 1 heterocycles. The molecule has 0 amide bonds. The number of anilines is 1. The van der Waals surface area contributed by atoms with E-state index < -0.39 is 5.60 Å². The Morgan fingerprint density at radius 1 is 1.44 bits per heavy atom. The fraction of sp³-hybridized carbons (Fsp3) is 0.500. The van der Waals surface area contributed by atoms with Gasteiger partial charge >= 0.3 is 0 Å². The lowest BCUT2D eigenvalue weighted by Crippen LogP contribution is -2.64. The van der Waals surface area contributed by atoms with Gasteiger partial charge in [0.05, 0.1) is 11.3 Å². The van der Waals surface area contributed by atoms with E-state index in [1.807, 2.05) is 38.3 Å². The summed E-state index contributed by atoms with van der Waals surface area (Å²) < 4.78 is 0. The highest BCUT2D eigenvalue weighted by Gasteiger charge is 2.44. The quantitative estimate of drug-likeness (QED) is 0.850. The monoisotopic (exact) mass is 262 g/mol. The molecule has 1 fully saturated rings. The van der Waals surface area contributed by atoms with Crippen LogP contribution in [-0.2, 0) is 0 Å². The maximum atomic E-state index is 10.3. The second-order valence-corrected chi connectivity index (χ2v) is 5.93. The smallest absolute Gasteiger partial charge is 0.103 e. The van der Waals surface area contributed by atoms with Crippen LogP contribution in [0.3, 0.4) is 0 Å². The predicted octanol–water partition coefficient (Wildman–Crippen LogP) is 2.49. The van der Waals surface area contributed by atoms with E-state index in [1.165, 1.54) is 0 Å². The van der Waals surface area contributed by atoms with E-state index in [2.05, 4.69) is 11.0 Å². The number of β-amino-alcohol motifs (C(OH)–C–C–N with tert-alkyl or cyclic N) is 1. The number of hydrogen-bond donors (Lipinski definition) is 1. The molecule has 2 rings (SSSR count). The first-order chi connectivity index (χ1) is 8.51. The highest BCUT2D eigenvalue weighted by Crippen LogP contribution is 2.36. The molecule has 4 heteroatoms. The molecule has 0 aliphatic carbocycles. The summed E-state index contributed by atoms with van der Waals surface area (Å²) in [5.74, 6) is 0.239. The zero-order chi connectivity index (χ0) is 13.3. The lowest BCUT2D eigenvalue weighted by Gasteiger charge is -2.50. The van der Waals surface area contributed by atoms with E-state index in [0.717, 1.165) is 16.1 Å². The van der Waals surface area contributed by atoms with Crippen molar-refractivity contribution in [2.45, 2.75) is 24.3 Å². The molecule has 1 aliphatic rings. The molecular formula is C14H18N2OS. The Bertz CT molecular complexity index is 487. The SMILES string of the molecule is CSc1cccc(N2CC(O)(C(C)C)C2)c1C#N. The topological polar surface area (TPSA) is 47.3 Å². The minimum atomic E-state index is -0.609. The number of hydrogen-bond acceptors (Lipinski definition) is 4. The van der Waals surface area contributed by atoms with Crippen LogP contribution in [0.1, 0.15) is 19.4 Å². The summed E-state index contributed by atoms with van der Waals surface area (Å²) in [7, 11) is 0. The lowest BCUT2D eigenvalue weighted by molar-refractivity contribution is -0.0300. The summed E-state index contributed by atoms with van der Waals surface area (Å²) in [5.41, 5.74) is 1.05. The van der Waals surface area contributed by atoms with E-state index in [0.29, 0.717) is 13.1 Å². The van der Waals surface area contributed by atoms with Crippen molar-refractivity contribution in [3.8, 4) is 6.07 Å². The van der Waals surface area contributed by atoms with Crippen LogP contribution in [0.15, 0.2) is 23.1 Å². The van der Waals surface area contributed by atoms with Crippen LogP contribution in [0.4, 0.5) is 5.69 Å². The molecule has 1 aliphatic heterocycles. The van der Waals surface area contributed by atoms with Crippen molar-refractivity contribution in [1.29, 1.82) is 5.26 Å². The molecule has 96 valence electrons. The molecule has 0 atom stereocenters. The Labute approximate surface area is 112 Å². The van der Waals surface area contributed by atoms with Crippen LogP contribution in [0.5, 0.6) is 0 Å². The molecule has 0 spiro atoms. The number of rotatable bonds is 3. The van der Waals surface area contributed by atoms with Gasteiger partial charge in [0.2, 0.25) is 0 Å². The Hall–Kier alpha value is -1.18. The van der Waals surface area contributed by atoms with Crippen LogP contribution in [-0.4, -0.2) is 30.1 Å². The first-order valence-corrected chi connectivity index (χ1v) is 7.28. The molecule has 1 aromatic carbocycles. The van der Waals surface area contributed by atoms with E-state index in [-0.39, 0.29) is 5.92 Å². The van der Waals surface area contributed by atoms with Gasteiger partial charge in [0.15, 0.2) is 0 Å². The van der Waals surface area contributed by atoms with Crippen LogP contribution < -0.4 is 4.90 Å². The van der Waals surface area contributed by atoms with Crippen molar-refractivity contribution in [3.63, 3.8) is 0 Å². The van der Waals surface area contributed by atoms with E-state index >= 15 is 0 Å². The van der Waals surface area contributed by atoms with Crippen molar-refractivity contribution in [3.05, 3.63) is 23.8 Å². The van der Waals surface area contributed by atoms with Crippen LogP contribution in [0.25, 0.3) is 0 Å². The minimum absolute atomic E-state index is 0.239. The first-order valence-electron chi connectivity index (χ1n) is 6.06. The fourth-order valence-electron chi connectivity index (χ4n) is 2.22. The first kappa shape index (κ1) is 13.3. The molecule has 18 heavy (non-hydrogen) atoms. The van der Waals surface area contributed by atoms with Crippen LogP contribution in [0, 0.1) is 17.2 Å². The predicted molar refractivity (Wildman–Crippen MR) is 74.9 cm³/mol. The second-order valence-electron chi connectivity index (χ2n) is 5.08. The zero-order valence-electron chi connectivity index (χ0n) is 11.0. The van der Waals surface area contributed by atoms with Gasteiger partial charge in [-0.05, 0) is 24.3 Å².